The number of nitrogens with two attached hydrogens (primary N) is 1. The molecule has 0 spiro atoms. The van der Waals surface area contributed by atoms with Gasteiger partial charge in [-0.05, 0) is 38.3 Å². The predicted molar refractivity (Wildman–Crippen MR) is 80.6 cm³/mol. The van der Waals surface area contributed by atoms with Gasteiger partial charge in [0.25, 0.3) is 0 Å². The molecule has 1 aromatic heterocycles. The first-order valence-corrected chi connectivity index (χ1v) is 7.97. The molecule has 2 rings (SSSR count). The second-order valence-corrected chi connectivity index (χ2v) is 6.66. The van der Waals surface area contributed by atoms with Gasteiger partial charge in [-0.15, -0.1) is 11.3 Å². The summed E-state index contributed by atoms with van der Waals surface area (Å²) in [6.07, 6.45) is 0.743. The Labute approximate surface area is 127 Å². The minimum atomic E-state index is -0.190. The van der Waals surface area contributed by atoms with E-state index in [9.17, 15) is 4.79 Å². The number of aliphatic imine (C=N–C) groups is 1. The van der Waals surface area contributed by atoms with Crippen LogP contribution in [-0.4, -0.2) is 23.8 Å². The number of guanidine groups is 1. The van der Waals surface area contributed by atoms with Crippen LogP contribution >= 0.6 is 43.2 Å². The maximum absolute atomic E-state index is 12.2. The molecule has 0 radical (unpaired) electrons. The summed E-state index contributed by atoms with van der Waals surface area (Å²) >= 11 is 8.56. The molecule has 1 aromatic rings. The van der Waals surface area contributed by atoms with Crippen molar-refractivity contribution in [2.24, 2.45) is 16.6 Å². The maximum atomic E-state index is 12.2. The average Bonchev–Trinajstić information content (AvgIpc) is 2.67. The van der Waals surface area contributed by atoms with Gasteiger partial charge in [0.2, 0.25) is 5.91 Å². The van der Waals surface area contributed by atoms with Crippen LogP contribution in [0.4, 0.5) is 0 Å². The summed E-state index contributed by atoms with van der Waals surface area (Å²) in [5, 5.41) is 1.99. The maximum Gasteiger partial charge on any atom is 0.234 e. The third-order valence-electron chi connectivity index (χ3n) is 3.07. The van der Waals surface area contributed by atoms with Crippen molar-refractivity contribution in [1.82, 2.24) is 4.90 Å². The van der Waals surface area contributed by atoms with Crippen LogP contribution in [0.2, 0.25) is 0 Å². The molecule has 2 atom stereocenters. The Kier molecular flexibility index (Phi) is 4.13. The molecular weight excluding hydrogens is 382 g/mol. The number of amides is 1. The molecule has 0 bridgehead atoms. The van der Waals surface area contributed by atoms with Crippen molar-refractivity contribution < 1.29 is 4.79 Å². The minimum absolute atomic E-state index is 0.0337. The number of nitrogens with zero attached hydrogens (tertiary/aromatic N) is 2. The third kappa shape index (κ3) is 2.23. The van der Waals surface area contributed by atoms with E-state index in [2.05, 4.69) is 36.9 Å². The van der Waals surface area contributed by atoms with Gasteiger partial charge in [0, 0.05) is 26.3 Å². The van der Waals surface area contributed by atoms with E-state index in [0.29, 0.717) is 0 Å². The third-order valence-corrected chi connectivity index (χ3v) is 6.70. The zero-order chi connectivity index (χ0) is 13.4. The van der Waals surface area contributed by atoms with E-state index in [1.54, 1.807) is 18.4 Å². The standard InChI is InChI=1S/C11H13Br2N3OS/c1-3-5-8(9-7(13)6(12)4-18-9)15-11(14)16(2)10(5)17/h4-5,8H,3H2,1-2H3,(H2,14,15). The summed E-state index contributed by atoms with van der Waals surface area (Å²) < 4.78 is 1.95. The molecule has 0 saturated carbocycles. The molecule has 1 aliphatic rings. The highest BCUT2D eigenvalue weighted by atomic mass is 79.9. The minimum Gasteiger partial charge on any atom is -0.369 e. The van der Waals surface area contributed by atoms with E-state index < -0.39 is 0 Å². The molecule has 98 valence electrons. The van der Waals surface area contributed by atoms with Gasteiger partial charge in [0.05, 0.1) is 5.92 Å². The molecule has 0 fully saturated rings. The topological polar surface area (TPSA) is 58.7 Å². The lowest BCUT2D eigenvalue weighted by molar-refractivity contribution is -0.132. The van der Waals surface area contributed by atoms with E-state index in [-0.39, 0.29) is 23.8 Å². The number of carbonyl (C=O) groups is 1. The number of thiophene rings is 1. The lowest BCUT2D eigenvalue weighted by Gasteiger charge is -2.32. The Bertz CT molecular complexity index is 514. The smallest absolute Gasteiger partial charge is 0.234 e. The number of rotatable bonds is 2. The molecule has 7 heteroatoms. The first-order chi connectivity index (χ1) is 8.47. The van der Waals surface area contributed by atoms with Crippen LogP contribution in [0.15, 0.2) is 19.3 Å². The Balaban J connectivity index is 2.48. The number of halogens is 2. The van der Waals surface area contributed by atoms with Crippen molar-refractivity contribution in [3.63, 3.8) is 0 Å². The molecule has 0 saturated heterocycles. The highest BCUT2D eigenvalue weighted by Gasteiger charge is 2.37. The van der Waals surface area contributed by atoms with Crippen LogP contribution in [0.3, 0.4) is 0 Å². The fourth-order valence-electron chi connectivity index (χ4n) is 1.99. The molecule has 4 nitrogen and oxygen atoms in total. The summed E-state index contributed by atoms with van der Waals surface area (Å²) in [6.45, 7) is 2.00. The van der Waals surface area contributed by atoms with Crippen LogP contribution in [0.5, 0.6) is 0 Å². The van der Waals surface area contributed by atoms with Crippen LogP contribution in [0, 0.1) is 5.92 Å². The summed E-state index contributed by atoms with van der Waals surface area (Å²) in [5.41, 5.74) is 5.80. The lowest BCUT2D eigenvalue weighted by Crippen LogP contribution is -2.47. The lowest BCUT2D eigenvalue weighted by atomic mass is 9.93. The second-order valence-electron chi connectivity index (χ2n) is 4.11. The zero-order valence-electron chi connectivity index (χ0n) is 9.98. The molecule has 2 unspecified atom stereocenters. The van der Waals surface area contributed by atoms with Crippen molar-refractivity contribution in [1.29, 1.82) is 0 Å². The van der Waals surface area contributed by atoms with Gasteiger partial charge < -0.3 is 5.73 Å². The van der Waals surface area contributed by atoms with Crippen LogP contribution in [0.25, 0.3) is 0 Å². The first kappa shape index (κ1) is 14.0. The monoisotopic (exact) mass is 393 g/mol. The van der Waals surface area contributed by atoms with Crippen molar-refractivity contribution in [2.75, 3.05) is 7.05 Å². The van der Waals surface area contributed by atoms with Gasteiger partial charge in [-0.3, -0.25) is 9.69 Å². The Morgan fingerprint density at radius 2 is 2.22 bits per heavy atom. The SMILES string of the molecule is CCC1C(=O)N(C)C(N)=NC1c1scc(Br)c1Br. The van der Waals surface area contributed by atoms with Crippen molar-refractivity contribution >= 4 is 55.1 Å². The van der Waals surface area contributed by atoms with Gasteiger partial charge >= 0.3 is 0 Å². The molecule has 2 N–H and O–H groups in total. The number of hydrogen-bond donors (Lipinski definition) is 1. The van der Waals surface area contributed by atoms with Gasteiger partial charge in [-0.2, -0.15) is 0 Å². The molecule has 1 amide bonds. The van der Waals surface area contributed by atoms with Crippen LogP contribution in [-0.2, 0) is 4.79 Å². The van der Waals surface area contributed by atoms with Crippen molar-refractivity contribution in [3.05, 3.63) is 19.2 Å². The molecule has 2 heterocycles. The summed E-state index contributed by atoms with van der Waals surface area (Å²) in [6, 6.07) is -0.190. The summed E-state index contributed by atoms with van der Waals surface area (Å²) in [7, 11) is 1.67. The highest BCUT2D eigenvalue weighted by Crippen LogP contribution is 2.43. The van der Waals surface area contributed by atoms with Crippen molar-refractivity contribution in [2.45, 2.75) is 19.4 Å². The predicted octanol–water partition coefficient (Wildman–Crippen LogP) is 3.13. The Morgan fingerprint density at radius 3 is 2.72 bits per heavy atom. The van der Waals surface area contributed by atoms with E-state index in [1.807, 2.05) is 12.3 Å². The fraction of sp³-hybridized carbons (Fsp3) is 0.455. The van der Waals surface area contributed by atoms with Gasteiger partial charge in [-0.25, -0.2) is 4.99 Å². The summed E-state index contributed by atoms with van der Waals surface area (Å²) in [4.78, 5) is 19.2. The molecule has 1 aliphatic heterocycles. The van der Waals surface area contributed by atoms with E-state index in [4.69, 9.17) is 5.73 Å². The zero-order valence-corrected chi connectivity index (χ0v) is 14.0. The molecular formula is C11H13Br2N3OS. The second kappa shape index (κ2) is 5.30. The number of carbonyl (C=O) groups excluding carboxylic acids is 1. The van der Waals surface area contributed by atoms with Gasteiger partial charge in [-0.1, -0.05) is 6.92 Å². The molecule has 0 aromatic carbocycles. The number of hydrogen-bond acceptors (Lipinski definition) is 4. The van der Waals surface area contributed by atoms with E-state index >= 15 is 0 Å². The van der Waals surface area contributed by atoms with E-state index in [1.165, 1.54) is 4.90 Å². The quantitative estimate of drug-likeness (QED) is 0.837. The Hall–Kier alpha value is -0.400. The van der Waals surface area contributed by atoms with Crippen LogP contribution in [0.1, 0.15) is 24.3 Å². The van der Waals surface area contributed by atoms with Gasteiger partial charge in [0.1, 0.15) is 6.04 Å². The summed E-state index contributed by atoms with van der Waals surface area (Å²) in [5.74, 6) is 0.168. The largest absolute Gasteiger partial charge is 0.369 e. The molecule has 18 heavy (non-hydrogen) atoms. The highest BCUT2D eigenvalue weighted by molar-refractivity contribution is 9.13. The van der Waals surface area contributed by atoms with Gasteiger partial charge in [0.15, 0.2) is 5.96 Å². The van der Waals surface area contributed by atoms with Crippen LogP contribution < -0.4 is 5.73 Å². The molecule has 0 aliphatic carbocycles. The van der Waals surface area contributed by atoms with E-state index in [0.717, 1.165) is 20.2 Å². The average molecular weight is 395 g/mol. The van der Waals surface area contributed by atoms with Crippen molar-refractivity contribution in [3.8, 4) is 0 Å². The normalized spacial score (nSPS) is 24.3. The fourth-order valence-corrected chi connectivity index (χ4v) is 4.32. The Morgan fingerprint density at radius 1 is 1.56 bits per heavy atom. The first-order valence-electron chi connectivity index (χ1n) is 5.50.